The Bertz CT molecular complexity index is 368. The number of urea groups is 1. The maximum Gasteiger partial charge on any atom is 0.329 e. The number of carbonyl (C=O) groups excluding carboxylic acids is 3. The molecule has 5 N–H and O–H groups in total. The maximum atomic E-state index is 11.3. The van der Waals surface area contributed by atoms with Gasteiger partial charge in [0.25, 0.3) is 5.91 Å². The van der Waals surface area contributed by atoms with Gasteiger partial charge >= 0.3 is 12.0 Å². The number of aliphatic carboxylic acids is 1. The summed E-state index contributed by atoms with van der Waals surface area (Å²) in [6, 6.07) is -1.81. The number of nitrogens with two attached hydrogens (primary N) is 1. The fraction of sp³-hybridized carbons (Fsp3) is 0.600. The van der Waals surface area contributed by atoms with Gasteiger partial charge in [-0.15, -0.1) is 0 Å². The first kappa shape index (κ1) is 16.8. The third kappa shape index (κ3) is 7.71. The van der Waals surface area contributed by atoms with E-state index in [0.29, 0.717) is 0 Å². The van der Waals surface area contributed by atoms with E-state index in [1.54, 1.807) is 13.8 Å². The molecule has 0 aliphatic heterocycles. The van der Waals surface area contributed by atoms with Crippen LogP contribution in [0.1, 0.15) is 13.8 Å². The van der Waals surface area contributed by atoms with Crippen molar-refractivity contribution in [1.82, 2.24) is 10.6 Å². The van der Waals surface area contributed by atoms with Crippen molar-refractivity contribution >= 4 is 23.8 Å². The second kappa shape index (κ2) is 8.03. The molecule has 0 aromatic heterocycles. The molecule has 0 aliphatic carbocycles. The number of hydrogen-bond donors (Lipinski definition) is 4. The van der Waals surface area contributed by atoms with Gasteiger partial charge in [-0.2, -0.15) is 0 Å². The number of carboxylic acid groups (broad SMARTS) is 1. The molecule has 0 aromatic rings. The monoisotopic (exact) mass is 275 g/mol. The van der Waals surface area contributed by atoms with Crippen molar-refractivity contribution in [2.75, 3.05) is 13.2 Å². The minimum atomic E-state index is -1.23. The minimum absolute atomic E-state index is 0.235. The van der Waals surface area contributed by atoms with Crippen LogP contribution < -0.4 is 16.4 Å². The fourth-order valence-corrected chi connectivity index (χ4v) is 1.14. The number of rotatable bonds is 7. The molecule has 0 bridgehead atoms. The number of carboxylic acids is 1. The average Bonchev–Trinajstić information content (AvgIpc) is 2.24. The summed E-state index contributed by atoms with van der Waals surface area (Å²) in [6.45, 7) is 2.12. The molecule has 9 heteroatoms. The molecule has 1 atom stereocenters. The highest BCUT2D eigenvalue weighted by atomic mass is 16.5. The van der Waals surface area contributed by atoms with Gasteiger partial charge in [0.15, 0.2) is 0 Å². The lowest BCUT2D eigenvalue weighted by atomic mass is 10.0. The first-order chi connectivity index (χ1) is 8.73. The van der Waals surface area contributed by atoms with Crippen molar-refractivity contribution < 1.29 is 29.0 Å². The van der Waals surface area contributed by atoms with Crippen LogP contribution in [0.4, 0.5) is 4.79 Å². The van der Waals surface area contributed by atoms with Crippen molar-refractivity contribution in [3.8, 4) is 0 Å². The third-order valence-corrected chi connectivity index (χ3v) is 1.97. The highest BCUT2D eigenvalue weighted by Gasteiger charge is 2.22. The molecule has 4 amide bonds. The Morgan fingerprint density at radius 1 is 1.21 bits per heavy atom. The van der Waals surface area contributed by atoms with Crippen molar-refractivity contribution in [1.29, 1.82) is 0 Å². The first-order valence-corrected chi connectivity index (χ1v) is 5.43. The molecule has 0 spiro atoms. The topological polar surface area (TPSA) is 148 Å². The molecule has 0 aromatic carbocycles. The number of ether oxygens (including phenoxy) is 1. The van der Waals surface area contributed by atoms with Crippen LogP contribution in [0.3, 0.4) is 0 Å². The van der Waals surface area contributed by atoms with Crippen LogP contribution in [0.15, 0.2) is 0 Å². The van der Waals surface area contributed by atoms with Crippen LogP contribution in [-0.4, -0.2) is 48.2 Å². The largest absolute Gasteiger partial charge is 0.480 e. The molecule has 0 radical (unpaired) electrons. The Morgan fingerprint density at radius 2 is 1.79 bits per heavy atom. The van der Waals surface area contributed by atoms with Gasteiger partial charge in [-0.1, -0.05) is 13.8 Å². The summed E-state index contributed by atoms with van der Waals surface area (Å²) in [5.74, 6) is -3.02. The van der Waals surface area contributed by atoms with Gasteiger partial charge in [0.2, 0.25) is 5.91 Å². The van der Waals surface area contributed by atoms with Crippen molar-refractivity contribution in [3.63, 3.8) is 0 Å². The van der Waals surface area contributed by atoms with Crippen LogP contribution in [0, 0.1) is 5.92 Å². The van der Waals surface area contributed by atoms with Crippen LogP contribution in [0.25, 0.3) is 0 Å². The number of imide groups is 1. The SMILES string of the molecule is CC(C)C(NC(=O)NC(=O)COCC(=O)O)C(N)=O. The first-order valence-electron chi connectivity index (χ1n) is 5.43. The second-order valence-electron chi connectivity index (χ2n) is 4.03. The molecule has 0 aliphatic rings. The molecule has 0 saturated heterocycles. The summed E-state index contributed by atoms with van der Waals surface area (Å²) in [6.07, 6.45) is 0. The lowest BCUT2D eigenvalue weighted by Crippen LogP contribution is -2.52. The van der Waals surface area contributed by atoms with Gasteiger partial charge in [0, 0.05) is 0 Å². The zero-order valence-corrected chi connectivity index (χ0v) is 10.6. The van der Waals surface area contributed by atoms with Gasteiger partial charge in [0.1, 0.15) is 19.3 Å². The molecule has 19 heavy (non-hydrogen) atoms. The van der Waals surface area contributed by atoms with E-state index in [2.05, 4.69) is 10.1 Å². The van der Waals surface area contributed by atoms with E-state index in [4.69, 9.17) is 10.8 Å². The van der Waals surface area contributed by atoms with E-state index >= 15 is 0 Å². The third-order valence-electron chi connectivity index (χ3n) is 1.97. The quantitative estimate of drug-likeness (QED) is 0.441. The van der Waals surface area contributed by atoms with Gasteiger partial charge < -0.3 is 20.9 Å². The molecule has 0 heterocycles. The van der Waals surface area contributed by atoms with E-state index in [-0.39, 0.29) is 5.92 Å². The smallest absolute Gasteiger partial charge is 0.329 e. The molecule has 0 saturated carbocycles. The molecular formula is C10H17N3O6. The number of nitrogens with one attached hydrogen (secondary N) is 2. The van der Waals surface area contributed by atoms with Gasteiger partial charge in [-0.25, -0.2) is 9.59 Å². The number of primary amides is 1. The molecule has 108 valence electrons. The lowest BCUT2D eigenvalue weighted by molar-refractivity contribution is -0.143. The van der Waals surface area contributed by atoms with E-state index < -0.39 is 43.1 Å². The van der Waals surface area contributed by atoms with Crippen molar-refractivity contribution in [2.24, 2.45) is 11.7 Å². The van der Waals surface area contributed by atoms with Gasteiger partial charge in [0.05, 0.1) is 0 Å². The Kier molecular flexibility index (Phi) is 7.12. The summed E-state index contributed by atoms with van der Waals surface area (Å²) in [5.41, 5.74) is 5.07. The van der Waals surface area contributed by atoms with Gasteiger partial charge in [-0.3, -0.25) is 14.9 Å². The highest BCUT2D eigenvalue weighted by molar-refractivity contribution is 5.96. The lowest BCUT2D eigenvalue weighted by Gasteiger charge is -2.18. The normalized spacial score (nSPS) is 11.7. The van der Waals surface area contributed by atoms with Crippen molar-refractivity contribution in [3.05, 3.63) is 0 Å². The standard InChI is InChI=1S/C10H17N3O6/c1-5(2)8(9(11)17)13-10(18)12-6(14)3-19-4-7(15)16/h5,8H,3-4H2,1-2H3,(H2,11,17)(H,15,16)(H2,12,13,14,18). The Labute approximate surface area is 109 Å². The highest BCUT2D eigenvalue weighted by Crippen LogP contribution is 2.00. The Balaban J connectivity index is 4.12. The van der Waals surface area contributed by atoms with E-state index in [1.807, 2.05) is 5.32 Å². The summed E-state index contributed by atoms with van der Waals surface area (Å²) in [4.78, 5) is 43.6. The summed E-state index contributed by atoms with van der Waals surface area (Å²) in [5, 5.41) is 12.4. The average molecular weight is 275 g/mol. The van der Waals surface area contributed by atoms with Gasteiger partial charge in [-0.05, 0) is 5.92 Å². The predicted octanol–water partition coefficient (Wildman–Crippen LogP) is -1.58. The minimum Gasteiger partial charge on any atom is -0.480 e. The Hall–Kier alpha value is -2.16. The zero-order chi connectivity index (χ0) is 15.0. The van der Waals surface area contributed by atoms with E-state index in [0.717, 1.165) is 0 Å². The number of amides is 4. The zero-order valence-electron chi connectivity index (χ0n) is 10.6. The van der Waals surface area contributed by atoms with Crippen LogP contribution in [0.5, 0.6) is 0 Å². The van der Waals surface area contributed by atoms with Crippen LogP contribution in [0.2, 0.25) is 0 Å². The van der Waals surface area contributed by atoms with E-state index in [9.17, 15) is 19.2 Å². The molecule has 9 nitrogen and oxygen atoms in total. The number of carbonyl (C=O) groups is 4. The molecule has 1 unspecified atom stereocenters. The Morgan fingerprint density at radius 3 is 2.21 bits per heavy atom. The maximum absolute atomic E-state index is 11.3. The van der Waals surface area contributed by atoms with Crippen molar-refractivity contribution in [2.45, 2.75) is 19.9 Å². The molecular weight excluding hydrogens is 258 g/mol. The summed E-state index contributed by atoms with van der Waals surface area (Å²) < 4.78 is 4.47. The molecule has 0 rings (SSSR count). The van der Waals surface area contributed by atoms with Crippen LogP contribution >= 0.6 is 0 Å². The number of hydrogen-bond acceptors (Lipinski definition) is 5. The van der Waals surface area contributed by atoms with E-state index in [1.165, 1.54) is 0 Å². The predicted molar refractivity (Wildman–Crippen MR) is 62.9 cm³/mol. The van der Waals surface area contributed by atoms with Crippen LogP contribution in [-0.2, 0) is 19.1 Å². The second-order valence-corrected chi connectivity index (χ2v) is 4.03. The molecule has 0 fully saturated rings. The summed E-state index contributed by atoms with van der Waals surface area (Å²) >= 11 is 0. The fourth-order valence-electron chi connectivity index (χ4n) is 1.14. The summed E-state index contributed by atoms with van der Waals surface area (Å²) in [7, 11) is 0.